The van der Waals surface area contributed by atoms with Gasteiger partial charge in [-0.1, -0.05) is 194 Å². The Balaban J connectivity index is 0.000000154. The molecule has 0 aliphatic rings. The Kier molecular flexibility index (Phi) is 10.3. The Hall–Kier alpha value is -8.08. The third kappa shape index (κ3) is 6.47. The second-order valence-corrected chi connectivity index (χ2v) is 14.5. The second-order valence-electron chi connectivity index (χ2n) is 14.5. The van der Waals surface area contributed by atoms with E-state index < -0.39 is 0 Å². The highest BCUT2D eigenvalue weighted by Crippen LogP contribution is 2.46. The molecule has 0 aliphatic heterocycles. The van der Waals surface area contributed by atoms with Crippen LogP contribution in [0.2, 0.25) is 0 Å². The van der Waals surface area contributed by atoms with Crippen LogP contribution in [-0.2, 0) is 0 Å². The molecule has 4 nitrogen and oxygen atoms in total. The first-order valence-electron chi connectivity index (χ1n) is 19.7. The molecule has 0 unspecified atom stereocenters. The van der Waals surface area contributed by atoms with E-state index >= 15 is 0 Å². The third-order valence-electron chi connectivity index (χ3n) is 11.3. The van der Waals surface area contributed by atoms with E-state index in [2.05, 4.69) is 48.5 Å². The van der Waals surface area contributed by atoms with E-state index in [1.54, 1.807) is 0 Å². The maximum Gasteiger partial charge on any atom is 0.150 e. The van der Waals surface area contributed by atoms with Crippen LogP contribution in [0.25, 0.3) is 87.6 Å². The fourth-order valence-electron chi connectivity index (χ4n) is 8.73. The first kappa shape index (κ1) is 37.5. The summed E-state index contributed by atoms with van der Waals surface area (Å²) in [4.78, 5) is 47.2. The van der Waals surface area contributed by atoms with Gasteiger partial charge < -0.3 is 0 Å². The zero-order valence-electron chi connectivity index (χ0n) is 32.4. The van der Waals surface area contributed by atoms with Crippen molar-refractivity contribution in [2.45, 2.75) is 0 Å². The predicted molar refractivity (Wildman–Crippen MR) is 246 cm³/mol. The number of hydrogen-bond donors (Lipinski definition) is 0. The first-order chi connectivity index (χ1) is 29.7. The molecule has 284 valence electrons. The summed E-state index contributed by atoms with van der Waals surface area (Å²) >= 11 is 0. The van der Waals surface area contributed by atoms with E-state index in [-0.39, 0.29) is 0 Å². The van der Waals surface area contributed by atoms with Gasteiger partial charge in [-0.25, -0.2) is 0 Å². The highest BCUT2D eigenvalue weighted by Gasteiger charge is 2.21. The number of hydrogen-bond acceptors (Lipinski definition) is 4. The Bertz CT molecular complexity index is 2750. The number of carbonyl (C=O) groups is 4. The van der Waals surface area contributed by atoms with Crippen molar-refractivity contribution in [3.05, 3.63) is 216 Å². The van der Waals surface area contributed by atoms with Gasteiger partial charge in [-0.2, -0.15) is 0 Å². The molecule has 0 aliphatic carbocycles. The number of rotatable bonds is 8. The molecule has 0 aromatic heterocycles. The summed E-state index contributed by atoms with van der Waals surface area (Å²) in [6, 6.07) is 63.6. The topological polar surface area (TPSA) is 68.3 Å². The lowest BCUT2D eigenvalue weighted by Gasteiger charge is -2.19. The van der Waals surface area contributed by atoms with E-state index in [9.17, 15) is 19.2 Å². The summed E-state index contributed by atoms with van der Waals surface area (Å²) in [6.07, 6.45) is 3.64. The van der Waals surface area contributed by atoms with Crippen molar-refractivity contribution in [1.82, 2.24) is 0 Å². The van der Waals surface area contributed by atoms with Gasteiger partial charge in [-0.05, 0) is 87.6 Å². The van der Waals surface area contributed by atoms with Crippen LogP contribution in [0.5, 0.6) is 0 Å². The van der Waals surface area contributed by atoms with Gasteiger partial charge in [-0.3, -0.25) is 19.2 Å². The Morgan fingerprint density at radius 2 is 0.350 bits per heavy atom. The molecule has 60 heavy (non-hydrogen) atoms. The van der Waals surface area contributed by atoms with Crippen molar-refractivity contribution in [2.75, 3.05) is 0 Å². The average Bonchev–Trinajstić information content (AvgIpc) is 3.32. The molecular weight excluding hydrogens is 737 g/mol. The van der Waals surface area contributed by atoms with Crippen molar-refractivity contribution < 1.29 is 19.2 Å². The van der Waals surface area contributed by atoms with Gasteiger partial charge in [-0.15, -0.1) is 0 Å². The van der Waals surface area contributed by atoms with E-state index in [0.29, 0.717) is 22.3 Å². The summed E-state index contributed by atoms with van der Waals surface area (Å²) < 4.78 is 0. The third-order valence-corrected chi connectivity index (χ3v) is 11.3. The van der Waals surface area contributed by atoms with Crippen LogP contribution in [0, 0.1) is 0 Å². The maximum absolute atomic E-state index is 11.8. The van der Waals surface area contributed by atoms with Crippen LogP contribution in [-0.4, -0.2) is 25.1 Å². The lowest BCUT2D eigenvalue weighted by molar-refractivity contribution is 0.111. The molecule has 0 atom stereocenters. The molecule has 0 saturated heterocycles. The molecule has 4 heteroatoms. The largest absolute Gasteiger partial charge is 0.298 e. The molecule has 0 fully saturated rings. The van der Waals surface area contributed by atoms with Gasteiger partial charge in [0, 0.05) is 22.3 Å². The monoisotopic (exact) mass is 772 g/mol. The minimum Gasteiger partial charge on any atom is -0.298 e. The Labute approximate surface area is 347 Å². The van der Waals surface area contributed by atoms with Crippen molar-refractivity contribution >= 4 is 68.2 Å². The zero-order chi connectivity index (χ0) is 41.0. The molecule has 0 N–H and O–H groups in total. The van der Waals surface area contributed by atoms with E-state index in [1.165, 1.54) is 0 Å². The molecule has 0 saturated carbocycles. The van der Waals surface area contributed by atoms with E-state index in [1.807, 2.05) is 146 Å². The SMILES string of the molecule is O=Cc1ccccc1-c1c2ccccc2c(-c2ccccc2C=O)c2ccccc12.O=Cc1ccccc1-c1c2ccccc2c(-c2ccccc2C=O)c2ccccc12. The minimum absolute atomic E-state index is 0.661. The normalized spacial score (nSPS) is 10.9. The van der Waals surface area contributed by atoms with Gasteiger partial charge in [0.15, 0.2) is 25.1 Å². The summed E-state index contributed by atoms with van der Waals surface area (Å²) in [5.41, 5.74) is 10.4. The number of aldehydes is 4. The quantitative estimate of drug-likeness (QED) is 0.114. The Morgan fingerprint density at radius 3 is 0.517 bits per heavy atom. The first-order valence-corrected chi connectivity index (χ1v) is 19.7. The standard InChI is InChI=1S/2C28H18O2/c2*29-17-19-9-1-3-11-21(19)27-23-13-5-7-15-25(23)28(26-16-8-6-14-24(26)27)22-12-4-2-10-20(22)18-30/h2*1-18H. The summed E-state index contributed by atoms with van der Waals surface area (Å²) in [5, 5.41) is 8.45. The number of carbonyl (C=O) groups excluding carboxylic acids is 4. The highest BCUT2D eigenvalue weighted by atomic mass is 16.1. The molecule has 10 aromatic rings. The molecule has 10 rings (SSSR count). The number of fused-ring (bicyclic) bond motifs is 4. The molecular formula is C56H36O4. The van der Waals surface area contributed by atoms with Crippen molar-refractivity contribution in [3.8, 4) is 44.5 Å². The second kappa shape index (κ2) is 16.4. The van der Waals surface area contributed by atoms with E-state index in [4.69, 9.17) is 0 Å². The highest BCUT2D eigenvalue weighted by molar-refractivity contribution is 6.24. The molecule has 10 aromatic carbocycles. The predicted octanol–water partition coefficient (Wildman–Crippen LogP) is 13.9. The summed E-state index contributed by atoms with van der Waals surface area (Å²) in [5.74, 6) is 0. The molecule has 0 heterocycles. The summed E-state index contributed by atoms with van der Waals surface area (Å²) in [6.45, 7) is 0. The summed E-state index contributed by atoms with van der Waals surface area (Å²) in [7, 11) is 0. The van der Waals surface area contributed by atoms with Gasteiger partial charge >= 0.3 is 0 Å². The fourth-order valence-corrected chi connectivity index (χ4v) is 8.73. The van der Waals surface area contributed by atoms with Crippen LogP contribution in [0.4, 0.5) is 0 Å². The van der Waals surface area contributed by atoms with Crippen LogP contribution >= 0.6 is 0 Å². The average molecular weight is 773 g/mol. The van der Waals surface area contributed by atoms with Gasteiger partial charge in [0.05, 0.1) is 0 Å². The lowest BCUT2D eigenvalue weighted by Crippen LogP contribution is -1.95. The van der Waals surface area contributed by atoms with Crippen LogP contribution in [0.15, 0.2) is 194 Å². The van der Waals surface area contributed by atoms with Gasteiger partial charge in [0.1, 0.15) is 0 Å². The molecule has 0 bridgehead atoms. The zero-order valence-corrected chi connectivity index (χ0v) is 32.4. The number of benzene rings is 10. The van der Waals surface area contributed by atoms with Crippen molar-refractivity contribution in [1.29, 1.82) is 0 Å². The smallest absolute Gasteiger partial charge is 0.150 e. The molecule has 0 amide bonds. The lowest BCUT2D eigenvalue weighted by atomic mass is 9.84. The van der Waals surface area contributed by atoms with Gasteiger partial charge in [0.2, 0.25) is 0 Å². The van der Waals surface area contributed by atoms with Crippen molar-refractivity contribution in [2.24, 2.45) is 0 Å². The maximum atomic E-state index is 11.8. The minimum atomic E-state index is 0.661. The van der Waals surface area contributed by atoms with Crippen molar-refractivity contribution in [3.63, 3.8) is 0 Å². The van der Waals surface area contributed by atoms with E-state index in [0.717, 1.165) is 113 Å². The molecule has 0 spiro atoms. The Morgan fingerprint density at radius 1 is 0.200 bits per heavy atom. The van der Waals surface area contributed by atoms with Crippen LogP contribution < -0.4 is 0 Å². The molecule has 0 radical (unpaired) electrons. The van der Waals surface area contributed by atoms with Crippen LogP contribution in [0.3, 0.4) is 0 Å². The fraction of sp³-hybridized carbons (Fsp3) is 0. The van der Waals surface area contributed by atoms with Crippen LogP contribution in [0.1, 0.15) is 41.4 Å². The van der Waals surface area contributed by atoms with Gasteiger partial charge in [0.25, 0.3) is 0 Å².